The van der Waals surface area contributed by atoms with Gasteiger partial charge in [0.1, 0.15) is 0 Å². The van der Waals surface area contributed by atoms with E-state index in [9.17, 15) is 4.79 Å². The molecule has 1 heterocycles. The number of hydrogen-bond donors (Lipinski definition) is 1. The summed E-state index contributed by atoms with van der Waals surface area (Å²) in [7, 11) is 4.11. The average Bonchev–Trinajstić information content (AvgIpc) is 2.46. The smallest absolute Gasteiger partial charge is 0.250 e. The fourth-order valence-electron chi connectivity index (χ4n) is 1.97. The summed E-state index contributed by atoms with van der Waals surface area (Å²) in [5.41, 5.74) is 8.74. The van der Waals surface area contributed by atoms with Crippen LogP contribution in [-0.2, 0) is 0 Å². The number of pyridine rings is 1. The summed E-state index contributed by atoms with van der Waals surface area (Å²) in [5, 5.41) is 0. The summed E-state index contributed by atoms with van der Waals surface area (Å²) < 4.78 is 0. The van der Waals surface area contributed by atoms with Gasteiger partial charge in [0.05, 0.1) is 11.3 Å². The van der Waals surface area contributed by atoms with Crippen molar-refractivity contribution in [2.75, 3.05) is 14.1 Å². The second kappa shape index (κ2) is 5.84. The van der Waals surface area contributed by atoms with Crippen LogP contribution in [0.15, 0.2) is 42.6 Å². The molecule has 2 N–H and O–H groups in total. The van der Waals surface area contributed by atoms with Crippen molar-refractivity contribution < 1.29 is 4.79 Å². The Morgan fingerprint density at radius 2 is 2.00 bits per heavy atom. The van der Waals surface area contributed by atoms with Gasteiger partial charge in [0.25, 0.3) is 0 Å². The van der Waals surface area contributed by atoms with E-state index in [1.807, 2.05) is 18.2 Å². The van der Waals surface area contributed by atoms with Crippen LogP contribution < -0.4 is 5.73 Å². The molecule has 104 valence electrons. The largest absolute Gasteiger partial charge is 0.366 e. The van der Waals surface area contributed by atoms with E-state index in [-0.39, 0.29) is 0 Å². The van der Waals surface area contributed by atoms with Crippen molar-refractivity contribution in [2.24, 2.45) is 5.73 Å². The third kappa shape index (κ3) is 3.03. The highest BCUT2D eigenvalue weighted by Gasteiger charge is 2.09. The molecule has 4 nitrogen and oxygen atoms in total. The van der Waals surface area contributed by atoms with Gasteiger partial charge in [-0.1, -0.05) is 18.2 Å². The molecule has 4 heteroatoms. The molecule has 0 bridgehead atoms. The molecular formula is C16H19N3O. The topological polar surface area (TPSA) is 59.2 Å². The highest BCUT2D eigenvalue weighted by Crippen LogP contribution is 2.23. The van der Waals surface area contributed by atoms with Crippen LogP contribution in [0, 0.1) is 0 Å². The van der Waals surface area contributed by atoms with Crippen LogP contribution in [-0.4, -0.2) is 29.9 Å². The number of rotatable bonds is 4. The molecule has 0 aliphatic heterocycles. The zero-order chi connectivity index (χ0) is 14.7. The van der Waals surface area contributed by atoms with E-state index >= 15 is 0 Å². The van der Waals surface area contributed by atoms with Crippen molar-refractivity contribution in [2.45, 2.75) is 13.0 Å². The van der Waals surface area contributed by atoms with E-state index in [1.54, 1.807) is 6.07 Å². The number of carbonyl (C=O) groups is 1. The number of amides is 1. The van der Waals surface area contributed by atoms with Crippen molar-refractivity contribution in [3.63, 3.8) is 0 Å². The first-order valence-electron chi connectivity index (χ1n) is 6.51. The molecule has 1 aromatic heterocycles. The van der Waals surface area contributed by atoms with Crippen LogP contribution in [0.5, 0.6) is 0 Å². The molecule has 1 aromatic carbocycles. The monoisotopic (exact) mass is 269 g/mol. The Hall–Kier alpha value is -2.20. The molecule has 0 radical (unpaired) electrons. The van der Waals surface area contributed by atoms with Gasteiger partial charge in [-0.3, -0.25) is 9.78 Å². The Balaban J connectivity index is 2.33. The number of aromatic nitrogens is 1. The summed E-state index contributed by atoms with van der Waals surface area (Å²) in [6.45, 7) is 2.16. The highest BCUT2D eigenvalue weighted by molar-refractivity contribution is 5.92. The van der Waals surface area contributed by atoms with Crippen LogP contribution in [0.25, 0.3) is 11.3 Å². The van der Waals surface area contributed by atoms with Crippen molar-refractivity contribution in [3.05, 3.63) is 53.7 Å². The van der Waals surface area contributed by atoms with E-state index in [0.29, 0.717) is 11.6 Å². The number of primary amides is 1. The minimum absolute atomic E-state index is 0.333. The van der Waals surface area contributed by atoms with E-state index in [0.717, 1.165) is 11.3 Å². The quantitative estimate of drug-likeness (QED) is 0.927. The molecule has 2 rings (SSSR count). The first-order valence-corrected chi connectivity index (χ1v) is 6.51. The zero-order valence-electron chi connectivity index (χ0n) is 12.0. The van der Waals surface area contributed by atoms with Crippen LogP contribution >= 0.6 is 0 Å². The van der Waals surface area contributed by atoms with E-state index in [4.69, 9.17) is 5.73 Å². The van der Waals surface area contributed by atoms with Crippen molar-refractivity contribution in [1.82, 2.24) is 9.88 Å². The van der Waals surface area contributed by atoms with Gasteiger partial charge < -0.3 is 10.6 Å². The molecule has 0 spiro atoms. The third-order valence-corrected chi connectivity index (χ3v) is 3.49. The Morgan fingerprint density at radius 1 is 1.25 bits per heavy atom. The van der Waals surface area contributed by atoms with Crippen molar-refractivity contribution in [1.29, 1.82) is 0 Å². The Labute approximate surface area is 119 Å². The molecule has 0 saturated heterocycles. The lowest BCUT2D eigenvalue weighted by atomic mass is 10.0. The minimum atomic E-state index is -0.459. The average molecular weight is 269 g/mol. The van der Waals surface area contributed by atoms with Crippen LogP contribution in [0.4, 0.5) is 0 Å². The predicted octanol–water partition coefficient (Wildman–Crippen LogP) is 2.47. The molecule has 20 heavy (non-hydrogen) atoms. The molecule has 0 fully saturated rings. The Morgan fingerprint density at radius 3 is 2.55 bits per heavy atom. The lowest BCUT2D eigenvalue weighted by Gasteiger charge is -2.20. The van der Waals surface area contributed by atoms with Gasteiger partial charge in [-0.05, 0) is 44.8 Å². The maximum Gasteiger partial charge on any atom is 0.250 e. The molecule has 1 atom stereocenters. The van der Waals surface area contributed by atoms with E-state index in [1.165, 1.54) is 11.8 Å². The highest BCUT2D eigenvalue weighted by atomic mass is 16.1. The molecule has 0 saturated carbocycles. The van der Waals surface area contributed by atoms with Crippen LogP contribution in [0.3, 0.4) is 0 Å². The number of benzene rings is 1. The molecule has 1 amide bonds. The first kappa shape index (κ1) is 14.2. The lowest BCUT2D eigenvalue weighted by Crippen LogP contribution is -2.16. The lowest BCUT2D eigenvalue weighted by molar-refractivity contribution is 0.1000. The number of nitrogens with zero attached hydrogens (tertiary/aromatic N) is 2. The second-order valence-corrected chi connectivity index (χ2v) is 5.06. The molecule has 0 aliphatic rings. The SMILES string of the molecule is C[C@@H](c1cccc(-c2ccc(C(N)=O)cn2)c1)N(C)C. The Kier molecular flexibility index (Phi) is 4.15. The minimum Gasteiger partial charge on any atom is -0.366 e. The fraction of sp³-hybridized carbons (Fsp3) is 0.250. The zero-order valence-corrected chi connectivity index (χ0v) is 12.0. The van der Waals surface area contributed by atoms with Crippen LogP contribution in [0.1, 0.15) is 28.9 Å². The molecular weight excluding hydrogens is 250 g/mol. The summed E-state index contributed by atoms with van der Waals surface area (Å²) in [6.07, 6.45) is 1.51. The summed E-state index contributed by atoms with van der Waals surface area (Å²) in [5.74, 6) is -0.459. The fourth-order valence-corrected chi connectivity index (χ4v) is 1.97. The predicted molar refractivity (Wildman–Crippen MR) is 80.3 cm³/mol. The Bertz CT molecular complexity index is 605. The summed E-state index contributed by atoms with van der Waals surface area (Å²) >= 11 is 0. The van der Waals surface area contributed by atoms with Gasteiger partial charge in [-0.2, -0.15) is 0 Å². The van der Waals surface area contributed by atoms with Gasteiger partial charge in [0, 0.05) is 17.8 Å². The van der Waals surface area contributed by atoms with E-state index in [2.05, 4.69) is 43.0 Å². The summed E-state index contributed by atoms with van der Waals surface area (Å²) in [6, 6.07) is 12.1. The van der Waals surface area contributed by atoms with Crippen molar-refractivity contribution >= 4 is 5.91 Å². The third-order valence-electron chi connectivity index (χ3n) is 3.49. The van der Waals surface area contributed by atoms with Gasteiger partial charge in [0.15, 0.2) is 0 Å². The standard InChI is InChI=1S/C16H19N3O/c1-11(19(2)3)12-5-4-6-13(9-12)15-8-7-14(10-18-15)16(17)20/h4-11H,1-3H3,(H2,17,20)/t11-/m0/s1. The van der Waals surface area contributed by atoms with Crippen LogP contribution in [0.2, 0.25) is 0 Å². The van der Waals surface area contributed by atoms with Gasteiger partial charge >= 0.3 is 0 Å². The first-order chi connectivity index (χ1) is 9.49. The normalized spacial score (nSPS) is 12.4. The van der Waals surface area contributed by atoms with Crippen molar-refractivity contribution in [3.8, 4) is 11.3 Å². The number of hydrogen-bond acceptors (Lipinski definition) is 3. The summed E-state index contributed by atoms with van der Waals surface area (Å²) in [4.78, 5) is 17.5. The number of nitrogens with two attached hydrogens (primary N) is 1. The number of carbonyl (C=O) groups excluding carboxylic acids is 1. The molecule has 0 unspecified atom stereocenters. The maximum absolute atomic E-state index is 11.0. The van der Waals surface area contributed by atoms with Gasteiger partial charge in [0.2, 0.25) is 5.91 Å². The van der Waals surface area contributed by atoms with Gasteiger partial charge in [-0.15, -0.1) is 0 Å². The second-order valence-electron chi connectivity index (χ2n) is 5.06. The maximum atomic E-state index is 11.0. The van der Waals surface area contributed by atoms with Gasteiger partial charge in [-0.25, -0.2) is 0 Å². The molecule has 2 aromatic rings. The molecule has 0 aliphatic carbocycles. The van der Waals surface area contributed by atoms with E-state index < -0.39 is 5.91 Å².